The number of halogens is 1. The van der Waals surface area contributed by atoms with Crippen LogP contribution in [0, 0.1) is 0 Å². The van der Waals surface area contributed by atoms with Crippen LogP contribution in [0.4, 0.5) is 10.6 Å². The lowest BCUT2D eigenvalue weighted by molar-refractivity contribution is 0.0692. The number of fused-ring (bicyclic) bond motifs is 1. The lowest BCUT2D eigenvalue weighted by atomic mass is 10.4. The van der Waals surface area contributed by atoms with Gasteiger partial charge in [-0.05, 0) is 28.1 Å². The van der Waals surface area contributed by atoms with Gasteiger partial charge in [-0.25, -0.2) is 14.6 Å². The molecule has 2 rings (SSSR count). The van der Waals surface area contributed by atoms with Gasteiger partial charge in [-0.2, -0.15) is 0 Å². The van der Waals surface area contributed by atoms with Crippen molar-refractivity contribution in [1.82, 2.24) is 9.38 Å². The fourth-order valence-electron chi connectivity index (χ4n) is 1.57. The largest absolute Gasteiger partial charge is 0.476 e. The average Bonchev–Trinajstić information content (AvgIpc) is 2.77. The van der Waals surface area contributed by atoms with Crippen molar-refractivity contribution in [2.24, 2.45) is 0 Å². The summed E-state index contributed by atoms with van der Waals surface area (Å²) in [7, 11) is 0. The Kier molecular flexibility index (Phi) is 4.04. The van der Waals surface area contributed by atoms with Gasteiger partial charge < -0.3 is 9.84 Å². The monoisotopic (exact) mass is 339 g/mol. The molecule has 2 heterocycles. The standard InChI is InChI=1S/C12H10BrN3O4/c1-2-6-20-12(19)15-10-8(11(17)18)14-9-7(13)4-3-5-16(9)10/h2-5H,1,6H2,(H,15,19)(H,17,18). The fourth-order valence-corrected chi connectivity index (χ4v) is 2.00. The molecule has 0 aliphatic heterocycles. The first-order valence-electron chi connectivity index (χ1n) is 5.49. The summed E-state index contributed by atoms with van der Waals surface area (Å²) in [4.78, 5) is 26.7. The van der Waals surface area contributed by atoms with E-state index < -0.39 is 12.1 Å². The second-order valence-electron chi connectivity index (χ2n) is 3.68. The van der Waals surface area contributed by atoms with Crippen LogP contribution in [0.1, 0.15) is 10.5 Å². The Morgan fingerprint density at radius 3 is 3.00 bits per heavy atom. The van der Waals surface area contributed by atoms with Crippen molar-refractivity contribution in [2.75, 3.05) is 11.9 Å². The fraction of sp³-hybridized carbons (Fsp3) is 0.0833. The van der Waals surface area contributed by atoms with Crippen molar-refractivity contribution in [3.63, 3.8) is 0 Å². The highest BCUT2D eigenvalue weighted by Crippen LogP contribution is 2.24. The second kappa shape index (κ2) is 5.74. The number of rotatable bonds is 4. The first-order valence-corrected chi connectivity index (χ1v) is 6.28. The van der Waals surface area contributed by atoms with Crippen molar-refractivity contribution < 1.29 is 19.4 Å². The summed E-state index contributed by atoms with van der Waals surface area (Å²) in [6.07, 6.45) is 2.21. The van der Waals surface area contributed by atoms with Crippen molar-refractivity contribution in [1.29, 1.82) is 0 Å². The van der Waals surface area contributed by atoms with Crippen LogP contribution in [0.15, 0.2) is 35.5 Å². The highest BCUT2D eigenvalue weighted by molar-refractivity contribution is 9.10. The summed E-state index contributed by atoms with van der Waals surface area (Å²) in [6.45, 7) is 3.44. The Morgan fingerprint density at radius 1 is 1.60 bits per heavy atom. The molecule has 0 atom stereocenters. The molecular formula is C12H10BrN3O4. The molecule has 2 aromatic heterocycles. The van der Waals surface area contributed by atoms with Crippen molar-refractivity contribution in [3.8, 4) is 0 Å². The Balaban J connectivity index is 2.46. The van der Waals surface area contributed by atoms with Crippen molar-refractivity contribution >= 4 is 39.5 Å². The molecule has 0 radical (unpaired) electrons. The van der Waals surface area contributed by atoms with Crippen molar-refractivity contribution in [3.05, 3.63) is 41.2 Å². The van der Waals surface area contributed by atoms with Gasteiger partial charge in [0, 0.05) is 6.20 Å². The van der Waals surface area contributed by atoms with E-state index in [4.69, 9.17) is 9.84 Å². The minimum atomic E-state index is -1.25. The Morgan fingerprint density at radius 2 is 2.35 bits per heavy atom. The van der Waals surface area contributed by atoms with E-state index in [0.29, 0.717) is 10.1 Å². The van der Waals surface area contributed by atoms with Gasteiger partial charge in [0.25, 0.3) is 0 Å². The number of amides is 1. The molecule has 0 saturated heterocycles. The maximum absolute atomic E-state index is 11.5. The van der Waals surface area contributed by atoms with Gasteiger partial charge >= 0.3 is 12.1 Å². The Bertz CT molecular complexity index is 695. The van der Waals surface area contributed by atoms with Gasteiger partial charge in [0.05, 0.1) is 4.47 Å². The summed E-state index contributed by atoms with van der Waals surface area (Å²) in [5, 5.41) is 11.5. The lowest BCUT2D eigenvalue weighted by Gasteiger charge is -2.06. The van der Waals surface area contributed by atoms with E-state index >= 15 is 0 Å². The highest BCUT2D eigenvalue weighted by Gasteiger charge is 2.21. The highest BCUT2D eigenvalue weighted by atomic mass is 79.9. The molecule has 2 aromatic rings. The SMILES string of the molecule is C=CCOC(=O)Nc1c(C(=O)O)nc2c(Br)cccn12. The van der Waals surface area contributed by atoms with Crippen molar-refractivity contribution in [2.45, 2.75) is 0 Å². The number of hydrogen-bond acceptors (Lipinski definition) is 4. The first kappa shape index (κ1) is 14.1. The summed E-state index contributed by atoms with van der Waals surface area (Å²) in [6, 6.07) is 3.40. The minimum Gasteiger partial charge on any atom is -0.476 e. The van der Waals surface area contributed by atoms with Gasteiger partial charge in [0.15, 0.2) is 17.2 Å². The van der Waals surface area contributed by atoms with Gasteiger partial charge in [-0.1, -0.05) is 12.7 Å². The van der Waals surface area contributed by atoms with Crippen LogP contribution < -0.4 is 5.32 Å². The second-order valence-corrected chi connectivity index (χ2v) is 4.53. The van der Waals surface area contributed by atoms with Gasteiger partial charge in [-0.15, -0.1) is 0 Å². The van der Waals surface area contributed by atoms with E-state index in [1.807, 2.05) is 0 Å². The molecule has 104 valence electrons. The van der Waals surface area contributed by atoms with E-state index in [9.17, 15) is 9.59 Å². The maximum Gasteiger partial charge on any atom is 0.413 e. The van der Waals surface area contributed by atoms with Gasteiger partial charge in [0.2, 0.25) is 0 Å². The van der Waals surface area contributed by atoms with E-state index in [1.54, 1.807) is 18.3 Å². The topological polar surface area (TPSA) is 92.9 Å². The number of ether oxygens (including phenoxy) is 1. The lowest BCUT2D eigenvalue weighted by Crippen LogP contribution is -2.17. The number of carbonyl (C=O) groups excluding carboxylic acids is 1. The molecule has 0 aliphatic rings. The van der Waals surface area contributed by atoms with E-state index in [2.05, 4.69) is 32.8 Å². The number of carbonyl (C=O) groups is 2. The smallest absolute Gasteiger partial charge is 0.413 e. The molecule has 0 bridgehead atoms. The summed E-state index contributed by atoms with van der Waals surface area (Å²) in [5.74, 6) is -1.22. The molecule has 1 amide bonds. The third kappa shape index (κ3) is 2.64. The number of pyridine rings is 1. The van der Waals surface area contributed by atoms with Gasteiger partial charge in [0.1, 0.15) is 6.61 Å². The molecule has 0 saturated carbocycles. The summed E-state index contributed by atoms with van der Waals surface area (Å²) < 4.78 is 6.82. The number of nitrogens with one attached hydrogen (secondary N) is 1. The van der Waals surface area contributed by atoms with Crippen LogP contribution in [0.25, 0.3) is 5.65 Å². The number of anilines is 1. The minimum absolute atomic E-state index is 0.0225. The number of aromatic carboxylic acids is 1. The normalized spacial score (nSPS) is 10.2. The zero-order chi connectivity index (χ0) is 14.7. The third-order valence-corrected chi connectivity index (χ3v) is 2.98. The summed E-state index contributed by atoms with van der Waals surface area (Å²) in [5.41, 5.74) is 0.108. The maximum atomic E-state index is 11.5. The molecule has 0 spiro atoms. The molecular weight excluding hydrogens is 330 g/mol. The molecule has 0 unspecified atom stereocenters. The Hall–Kier alpha value is -2.35. The molecule has 0 aromatic carbocycles. The van der Waals surface area contributed by atoms with Crippen LogP contribution in [-0.2, 0) is 4.74 Å². The number of nitrogens with zero attached hydrogens (tertiary/aromatic N) is 2. The molecule has 0 fully saturated rings. The molecule has 8 heteroatoms. The predicted molar refractivity (Wildman–Crippen MR) is 75.0 cm³/mol. The number of imidazole rings is 1. The zero-order valence-electron chi connectivity index (χ0n) is 10.2. The van der Waals surface area contributed by atoms with E-state index in [0.717, 1.165) is 0 Å². The number of hydrogen-bond donors (Lipinski definition) is 2. The van der Waals surface area contributed by atoms with Gasteiger partial charge in [-0.3, -0.25) is 9.72 Å². The predicted octanol–water partition coefficient (Wildman–Crippen LogP) is 2.53. The van der Waals surface area contributed by atoms with Crippen LogP contribution in [0.5, 0.6) is 0 Å². The quantitative estimate of drug-likeness (QED) is 0.835. The van der Waals surface area contributed by atoms with Crippen LogP contribution in [0.2, 0.25) is 0 Å². The molecule has 7 nitrogen and oxygen atoms in total. The number of carboxylic acids is 1. The number of aromatic nitrogens is 2. The van der Waals surface area contributed by atoms with Crippen LogP contribution in [0.3, 0.4) is 0 Å². The molecule has 2 N–H and O–H groups in total. The van der Waals surface area contributed by atoms with E-state index in [1.165, 1.54) is 10.5 Å². The summed E-state index contributed by atoms with van der Waals surface area (Å²) >= 11 is 3.27. The first-order chi connectivity index (χ1) is 9.54. The Labute approximate surface area is 122 Å². The molecule has 0 aliphatic carbocycles. The third-order valence-electron chi connectivity index (χ3n) is 2.36. The van der Waals surface area contributed by atoms with E-state index in [-0.39, 0.29) is 18.1 Å². The van der Waals surface area contributed by atoms with Crippen LogP contribution >= 0.6 is 15.9 Å². The zero-order valence-corrected chi connectivity index (χ0v) is 11.8. The number of carboxylic acid groups (broad SMARTS) is 1. The average molecular weight is 340 g/mol. The molecule has 20 heavy (non-hydrogen) atoms. The van der Waals surface area contributed by atoms with Crippen LogP contribution in [-0.4, -0.2) is 33.2 Å².